The molecule has 1 unspecified atom stereocenters. The summed E-state index contributed by atoms with van der Waals surface area (Å²) in [5.41, 5.74) is 0.262. The Bertz CT molecular complexity index is 227. The van der Waals surface area contributed by atoms with Crippen molar-refractivity contribution in [3.05, 3.63) is 0 Å². The second-order valence-electron chi connectivity index (χ2n) is 6.06. The van der Waals surface area contributed by atoms with Crippen LogP contribution >= 0.6 is 0 Å². The van der Waals surface area contributed by atoms with Crippen molar-refractivity contribution in [3.63, 3.8) is 0 Å². The maximum Gasteiger partial charge on any atom is 0.224 e. The molecule has 2 atom stereocenters. The summed E-state index contributed by atoms with van der Waals surface area (Å²) in [6.45, 7) is 11.5. The van der Waals surface area contributed by atoms with Gasteiger partial charge in [-0.05, 0) is 30.7 Å². The molecule has 94 valence electrons. The van der Waals surface area contributed by atoms with E-state index in [0.717, 1.165) is 32.5 Å². The van der Waals surface area contributed by atoms with Gasteiger partial charge >= 0.3 is 0 Å². The van der Waals surface area contributed by atoms with Gasteiger partial charge in [0.25, 0.3) is 0 Å². The molecule has 3 heteroatoms. The SMILES string of the molecule is CC(CNC(=O)[C@H]1CCCNC1)C(C)(C)C. The number of hydrogen-bond donors (Lipinski definition) is 2. The topological polar surface area (TPSA) is 41.1 Å². The third-order valence-electron chi connectivity index (χ3n) is 3.73. The van der Waals surface area contributed by atoms with E-state index in [-0.39, 0.29) is 17.2 Å². The second-order valence-corrected chi connectivity index (χ2v) is 6.06. The van der Waals surface area contributed by atoms with Crippen LogP contribution in [0.25, 0.3) is 0 Å². The highest BCUT2D eigenvalue weighted by Gasteiger charge is 2.24. The predicted octanol–water partition coefficient (Wildman–Crippen LogP) is 1.78. The molecule has 1 fully saturated rings. The molecule has 0 radical (unpaired) electrons. The first-order chi connectivity index (χ1) is 7.41. The van der Waals surface area contributed by atoms with E-state index in [2.05, 4.69) is 38.3 Å². The fourth-order valence-corrected chi connectivity index (χ4v) is 1.78. The molecule has 0 aliphatic carbocycles. The van der Waals surface area contributed by atoms with Crippen LogP contribution in [0.4, 0.5) is 0 Å². The molecule has 1 heterocycles. The summed E-state index contributed by atoms with van der Waals surface area (Å²) < 4.78 is 0. The molecule has 1 aliphatic rings. The molecule has 3 nitrogen and oxygen atoms in total. The minimum atomic E-state index is 0.181. The maximum atomic E-state index is 11.9. The van der Waals surface area contributed by atoms with E-state index in [4.69, 9.17) is 0 Å². The van der Waals surface area contributed by atoms with E-state index >= 15 is 0 Å². The Balaban J connectivity index is 2.29. The lowest BCUT2D eigenvalue weighted by atomic mass is 9.82. The summed E-state index contributed by atoms with van der Waals surface area (Å²) in [7, 11) is 0. The molecule has 1 aliphatic heterocycles. The van der Waals surface area contributed by atoms with Crippen LogP contribution in [-0.4, -0.2) is 25.5 Å². The minimum Gasteiger partial charge on any atom is -0.356 e. The summed E-state index contributed by atoms with van der Waals surface area (Å²) in [5.74, 6) is 0.914. The number of nitrogens with one attached hydrogen (secondary N) is 2. The number of carbonyl (C=O) groups is 1. The largest absolute Gasteiger partial charge is 0.356 e. The summed E-state index contributed by atoms with van der Waals surface area (Å²) in [5, 5.41) is 6.35. The Labute approximate surface area is 99.4 Å². The molecule has 1 amide bonds. The summed E-state index contributed by atoms with van der Waals surface area (Å²) >= 11 is 0. The van der Waals surface area contributed by atoms with Crippen LogP contribution in [-0.2, 0) is 4.79 Å². The van der Waals surface area contributed by atoms with Crippen molar-refractivity contribution in [1.29, 1.82) is 0 Å². The lowest BCUT2D eigenvalue weighted by Crippen LogP contribution is -2.42. The van der Waals surface area contributed by atoms with Gasteiger partial charge in [0.05, 0.1) is 5.92 Å². The zero-order valence-electron chi connectivity index (χ0n) is 11.1. The first-order valence-corrected chi connectivity index (χ1v) is 6.39. The van der Waals surface area contributed by atoms with Gasteiger partial charge in [0, 0.05) is 13.1 Å². The number of piperidine rings is 1. The van der Waals surface area contributed by atoms with Crippen LogP contribution in [0, 0.1) is 17.3 Å². The number of rotatable bonds is 3. The summed E-state index contributed by atoms with van der Waals surface area (Å²) in [6, 6.07) is 0. The van der Waals surface area contributed by atoms with Crippen molar-refractivity contribution >= 4 is 5.91 Å². The van der Waals surface area contributed by atoms with Crippen LogP contribution in [0.2, 0.25) is 0 Å². The zero-order valence-corrected chi connectivity index (χ0v) is 11.1. The Kier molecular flexibility index (Phi) is 4.78. The average molecular weight is 226 g/mol. The third kappa shape index (κ3) is 4.12. The molecule has 1 saturated heterocycles. The Morgan fingerprint density at radius 1 is 1.50 bits per heavy atom. The van der Waals surface area contributed by atoms with Gasteiger partial charge in [0.15, 0.2) is 0 Å². The van der Waals surface area contributed by atoms with Gasteiger partial charge in [0.2, 0.25) is 5.91 Å². The molecule has 0 aromatic rings. The molecular formula is C13H26N2O. The average Bonchev–Trinajstić information content (AvgIpc) is 2.25. The molecule has 0 bridgehead atoms. The first kappa shape index (κ1) is 13.5. The lowest BCUT2D eigenvalue weighted by Gasteiger charge is -2.29. The minimum absolute atomic E-state index is 0.181. The Morgan fingerprint density at radius 2 is 2.19 bits per heavy atom. The smallest absolute Gasteiger partial charge is 0.224 e. The number of amides is 1. The third-order valence-corrected chi connectivity index (χ3v) is 3.73. The fraction of sp³-hybridized carbons (Fsp3) is 0.923. The maximum absolute atomic E-state index is 11.9. The first-order valence-electron chi connectivity index (χ1n) is 6.39. The van der Waals surface area contributed by atoms with E-state index in [1.165, 1.54) is 0 Å². The molecule has 0 saturated carbocycles. The van der Waals surface area contributed by atoms with Gasteiger partial charge in [-0.3, -0.25) is 4.79 Å². The molecule has 1 rings (SSSR count). The highest BCUT2D eigenvalue weighted by molar-refractivity contribution is 5.78. The quantitative estimate of drug-likeness (QED) is 0.770. The van der Waals surface area contributed by atoms with Gasteiger partial charge in [0.1, 0.15) is 0 Å². The van der Waals surface area contributed by atoms with E-state index < -0.39 is 0 Å². The molecule has 0 aromatic heterocycles. The molecule has 2 N–H and O–H groups in total. The number of hydrogen-bond acceptors (Lipinski definition) is 2. The molecule has 0 aromatic carbocycles. The number of carbonyl (C=O) groups excluding carboxylic acids is 1. The van der Waals surface area contributed by atoms with Gasteiger partial charge in [-0.15, -0.1) is 0 Å². The molecule has 16 heavy (non-hydrogen) atoms. The van der Waals surface area contributed by atoms with Crippen LogP contribution in [0.15, 0.2) is 0 Å². The van der Waals surface area contributed by atoms with Gasteiger partial charge < -0.3 is 10.6 Å². The standard InChI is InChI=1S/C13H26N2O/c1-10(13(2,3)4)8-15-12(16)11-6-5-7-14-9-11/h10-11,14H,5-9H2,1-4H3,(H,15,16)/t10?,11-/m0/s1. The predicted molar refractivity (Wildman–Crippen MR) is 67.2 cm³/mol. The fourth-order valence-electron chi connectivity index (χ4n) is 1.78. The van der Waals surface area contributed by atoms with Gasteiger partial charge in [-0.2, -0.15) is 0 Å². The highest BCUT2D eigenvalue weighted by atomic mass is 16.1. The molecule has 0 spiro atoms. The van der Waals surface area contributed by atoms with Crippen LogP contribution in [0.1, 0.15) is 40.5 Å². The van der Waals surface area contributed by atoms with Crippen molar-refractivity contribution in [3.8, 4) is 0 Å². The van der Waals surface area contributed by atoms with Crippen LogP contribution < -0.4 is 10.6 Å². The monoisotopic (exact) mass is 226 g/mol. The lowest BCUT2D eigenvalue weighted by molar-refractivity contribution is -0.125. The second kappa shape index (κ2) is 5.67. The van der Waals surface area contributed by atoms with E-state index in [9.17, 15) is 4.79 Å². The Morgan fingerprint density at radius 3 is 2.69 bits per heavy atom. The molecular weight excluding hydrogens is 200 g/mol. The van der Waals surface area contributed by atoms with Crippen molar-refractivity contribution in [2.45, 2.75) is 40.5 Å². The summed E-state index contributed by atoms with van der Waals surface area (Å²) in [4.78, 5) is 11.9. The van der Waals surface area contributed by atoms with Crippen LogP contribution in [0.5, 0.6) is 0 Å². The zero-order chi connectivity index (χ0) is 12.2. The van der Waals surface area contributed by atoms with Gasteiger partial charge in [-0.25, -0.2) is 0 Å². The van der Waals surface area contributed by atoms with E-state index in [1.54, 1.807) is 0 Å². The van der Waals surface area contributed by atoms with Gasteiger partial charge in [-0.1, -0.05) is 27.7 Å². The van der Waals surface area contributed by atoms with Crippen LogP contribution in [0.3, 0.4) is 0 Å². The van der Waals surface area contributed by atoms with Crippen molar-refractivity contribution < 1.29 is 4.79 Å². The van der Waals surface area contributed by atoms with Crippen molar-refractivity contribution in [2.75, 3.05) is 19.6 Å². The summed E-state index contributed by atoms with van der Waals surface area (Å²) in [6.07, 6.45) is 2.15. The van der Waals surface area contributed by atoms with E-state index in [0.29, 0.717) is 5.92 Å². The normalized spacial score (nSPS) is 23.9. The highest BCUT2D eigenvalue weighted by Crippen LogP contribution is 2.24. The van der Waals surface area contributed by atoms with E-state index in [1.807, 2.05) is 0 Å². The Hall–Kier alpha value is -0.570. The van der Waals surface area contributed by atoms with Crippen molar-refractivity contribution in [1.82, 2.24) is 10.6 Å². The van der Waals surface area contributed by atoms with Crippen molar-refractivity contribution in [2.24, 2.45) is 17.3 Å².